The van der Waals surface area contributed by atoms with Gasteiger partial charge < -0.3 is 0 Å². The quantitative estimate of drug-likeness (QED) is 0.603. The number of rotatable bonds is 2. The number of hydrogen-bond donors (Lipinski definition) is 0. The smallest absolute Gasteiger partial charge is 0.0644 e. The number of aryl methyl sites for hydroxylation is 2. The first-order valence-electron chi connectivity index (χ1n) is 8.27. The van der Waals surface area contributed by atoms with E-state index in [2.05, 4.69) is 32.0 Å². The van der Waals surface area contributed by atoms with Gasteiger partial charge >= 0.3 is 0 Å². The second kappa shape index (κ2) is 4.50. The fraction of sp³-hybridized carbons (Fsp3) is 0.684. The lowest BCUT2D eigenvalue weighted by Gasteiger charge is -2.58. The Hall–Kier alpha value is -0.490. The summed E-state index contributed by atoms with van der Waals surface area (Å²) in [5, 5.41) is 0.233. The molecule has 0 aromatic heterocycles. The zero-order valence-electron chi connectivity index (χ0n) is 12.7. The van der Waals surface area contributed by atoms with Gasteiger partial charge in [0.15, 0.2) is 0 Å². The lowest BCUT2D eigenvalue weighted by atomic mass is 9.48. The van der Waals surface area contributed by atoms with Crippen LogP contribution in [-0.4, -0.2) is 0 Å². The van der Waals surface area contributed by atoms with Crippen LogP contribution in [0.5, 0.6) is 0 Å². The molecule has 1 aromatic rings. The van der Waals surface area contributed by atoms with Crippen LogP contribution in [0.25, 0.3) is 0 Å². The molecule has 4 saturated carbocycles. The first-order chi connectivity index (χ1) is 9.56. The standard InChI is InChI=1S/C19H25Cl/c1-12-3-4-17(13(2)5-12)18(20)19-9-14-6-15(10-19)8-16(7-14)11-19/h3-5,14-16,18H,6-11H2,1-2H3. The van der Waals surface area contributed by atoms with Gasteiger partial charge in [-0.1, -0.05) is 23.8 Å². The molecule has 1 aromatic carbocycles. The molecule has 0 amide bonds. The summed E-state index contributed by atoms with van der Waals surface area (Å²) in [6.07, 6.45) is 8.66. The summed E-state index contributed by atoms with van der Waals surface area (Å²) in [6, 6.07) is 6.82. The fourth-order valence-electron chi connectivity index (χ4n) is 5.93. The first kappa shape index (κ1) is 13.2. The SMILES string of the molecule is Cc1ccc(C(Cl)C23CC4CC(CC(C4)C2)C3)c(C)c1. The Morgan fingerprint density at radius 3 is 2.05 bits per heavy atom. The van der Waals surface area contributed by atoms with Gasteiger partial charge in [-0.25, -0.2) is 0 Å². The normalized spacial score (nSPS) is 40.0. The highest BCUT2D eigenvalue weighted by Crippen LogP contribution is 2.65. The van der Waals surface area contributed by atoms with Crippen molar-refractivity contribution in [1.82, 2.24) is 0 Å². The molecule has 0 spiro atoms. The molecule has 1 atom stereocenters. The predicted octanol–water partition coefficient (Wildman–Crippen LogP) is 5.80. The van der Waals surface area contributed by atoms with E-state index in [4.69, 9.17) is 11.6 Å². The Labute approximate surface area is 127 Å². The summed E-state index contributed by atoms with van der Waals surface area (Å²) in [6.45, 7) is 4.41. The van der Waals surface area contributed by atoms with Crippen LogP contribution in [0.1, 0.15) is 60.6 Å². The number of alkyl halides is 1. The van der Waals surface area contributed by atoms with Crippen LogP contribution in [0, 0.1) is 37.0 Å². The molecule has 0 saturated heterocycles. The van der Waals surface area contributed by atoms with E-state index in [0.29, 0.717) is 5.41 Å². The number of halogens is 1. The molecule has 1 heteroatoms. The van der Waals surface area contributed by atoms with E-state index in [-0.39, 0.29) is 5.38 Å². The van der Waals surface area contributed by atoms with Crippen molar-refractivity contribution < 1.29 is 0 Å². The van der Waals surface area contributed by atoms with E-state index < -0.39 is 0 Å². The van der Waals surface area contributed by atoms with Crippen molar-refractivity contribution in [2.75, 3.05) is 0 Å². The summed E-state index contributed by atoms with van der Waals surface area (Å²) in [5.41, 5.74) is 4.55. The van der Waals surface area contributed by atoms with Crippen molar-refractivity contribution in [2.24, 2.45) is 23.2 Å². The van der Waals surface area contributed by atoms with E-state index in [1.54, 1.807) is 0 Å². The Balaban J connectivity index is 1.69. The minimum absolute atomic E-state index is 0.233. The third kappa shape index (κ3) is 1.95. The van der Waals surface area contributed by atoms with Crippen molar-refractivity contribution in [3.05, 3.63) is 34.9 Å². The summed E-state index contributed by atoms with van der Waals surface area (Å²) >= 11 is 7.08. The molecule has 0 radical (unpaired) electrons. The van der Waals surface area contributed by atoms with Gasteiger partial charge in [-0.05, 0) is 86.7 Å². The molecular formula is C19H25Cl. The van der Waals surface area contributed by atoms with Gasteiger partial charge in [0.25, 0.3) is 0 Å². The molecule has 4 bridgehead atoms. The minimum atomic E-state index is 0.233. The lowest BCUT2D eigenvalue weighted by Crippen LogP contribution is -2.48. The van der Waals surface area contributed by atoms with Gasteiger partial charge in [0.05, 0.1) is 5.38 Å². The van der Waals surface area contributed by atoms with Gasteiger partial charge in [-0.15, -0.1) is 11.6 Å². The molecule has 4 aliphatic rings. The Morgan fingerprint density at radius 2 is 1.55 bits per heavy atom. The van der Waals surface area contributed by atoms with Gasteiger partial charge in [-0.2, -0.15) is 0 Å². The highest BCUT2D eigenvalue weighted by Gasteiger charge is 2.54. The maximum absolute atomic E-state index is 7.08. The van der Waals surface area contributed by atoms with Crippen LogP contribution >= 0.6 is 11.6 Å². The van der Waals surface area contributed by atoms with Crippen LogP contribution < -0.4 is 0 Å². The second-order valence-corrected chi connectivity index (χ2v) is 8.44. The van der Waals surface area contributed by atoms with E-state index in [1.165, 1.54) is 55.2 Å². The molecule has 5 rings (SSSR count). The Kier molecular flexibility index (Phi) is 2.97. The molecule has 4 fully saturated rings. The van der Waals surface area contributed by atoms with Gasteiger partial charge in [0.2, 0.25) is 0 Å². The van der Waals surface area contributed by atoms with Crippen molar-refractivity contribution in [3.8, 4) is 0 Å². The van der Waals surface area contributed by atoms with Crippen LogP contribution in [-0.2, 0) is 0 Å². The predicted molar refractivity (Wildman–Crippen MR) is 85.1 cm³/mol. The molecule has 0 nitrogen and oxygen atoms in total. The average molecular weight is 289 g/mol. The summed E-state index contributed by atoms with van der Waals surface area (Å²) in [4.78, 5) is 0. The van der Waals surface area contributed by atoms with E-state index in [9.17, 15) is 0 Å². The van der Waals surface area contributed by atoms with Gasteiger partial charge in [0, 0.05) is 0 Å². The number of hydrogen-bond acceptors (Lipinski definition) is 0. The van der Waals surface area contributed by atoms with Crippen LogP contribution in [0.2, 0.25) is 0 Å². The topological polar surface area (TPSA) is 0 Å². The maximum Gasteiger partial charge on any atom is 0.0644 e. The average Bonchev–Trinajstić information content (AvgIpc) is 2.36. The highest BCUT2D eigenvalue weighted by atomic mass is 35.5. The second-order valence-electron chi connectivity index (χ2n) is 8.00. The molecule has 0 N–H and O–H groups in total. The summed E-state index contributed by atoms with van der Waals surface area (Å²) in [5.74, 6) is 2.94. The van der Waals surface area contributed by atoms with Crippen molar-refractivity contribution >= 4 is 11.6 Å². The molecule has 1 unspecified atom stereocenters. The zero-order valence-corrected chi connectivity index (χ0v) is 13.4. The van der Waals surface area contributed by atoms with E-state index in [1.807, 2.05) is 0 Å². The van der Waals surface area contributed by atoms with Gasteiger partial charge in [-0.3, -0.25) is 0 Å². The summed E-state index contributed by atoms with van der Waals surface area (Å²) < 4.78 is 0. The molecular weight excluding hydrogens is 264 g/mol. The minimum Gasteiger partial charge on any atom is -0.117 e. The molecule has 0 aliphatic heterocycles. The summed E-state index contributed by atoms with van der Waals surface area (Å²) in [7, 11) is 0. The molecule has 4 aliphatic carbocycles. The van der Waals surface area contributed by atoms with Gasteiger partial charge in [0.1, 0.15) is 0 Å². The third-order valence-corrected chi connectivity index (χ3v) is 7.02. The highest BCUT2D eigenvalue weighted by molar-refractivity contribution is 6.21. The fourth-order valence-corrected chi connectivity index (χ4v) is 6.44. The molecule has 0 heterocycles. The van der Waals surface area contributed by atoms with Crippen LogP contribution in [0.3, 0.4) is 0 Å². The Bertz CT molecular complexity index is 495. The van der Waals surface area contributed by atoms with E-state index >= 15 is 0 Å². The van der Waals surface area contributed by atoms with Crippen molar-refractivity contribution in [2.45, 2.75) is 57.7 Å². The Morgan fingerprint density at radius 1 is 1.00 bits per heavy atom. The number of benzene rings is 1. The lowest BCUT2D eigenvalue weighted by molar-refractivity contribution is -0.0552. The molecule has 20 heavy (non-hydrogen) atoms. The monoisotopic (exact) mass is 288 g/mol. The van der Waals surface area contributed by atoms with Crippen molar-refractivity contribution in [1.29, 1.82) is 0 Å². The van der Waals surface area contributed by atoms with Crippen molar-refractivity contribution in [3.63, 3.8) is 0 Å². The molecule has 108 valence electrons. The van der Waals surface area contributed by atoms with Crippen LogP contribution in [0.4, 0.5) is 0 Å². The first-order valence-corrected chi connectivity index (χ1v) is 8.70. The zero-order chi connectivity index (χ0) is 13.9. The third-order valence-electron chi connectivity index (χ3n) is 6.32. The largest absolute Gasteiger partial charge is 0.117 e. The maximum atomic E-state index is 7.08. The van der Waals surface area contributed by atoms with E-state index in [0.717, 1.165) is 17.8 Å². The van der Waals surface area contributed by atoms with Crippen LogP contribution in [0.15, 0.2) is 18.2 Å².